The van der Waals surface area contributed by atoms with E-state index in [1.165, 1.54) is 30.1 Å². The van der Waals surface area contributed by atoms with Crippen molar-refractivity contribution in [2.75, 3.05) is 18.5 Å². The van der Waals surface area contributed by atoms with Gasteiger partial charge in [-0.3, -0.25) is 19.7 Å². The van der Waals surface area contributed by atoms with Gasteiger partial charge in [0.25, 0.3) is 5.91 Å². The van der Waals surface area contributed by atoms with Gasteiger partial charge in [0.1, 0.15) is 5.82 Å². The Morgan fingerprint density at radius 3 is 2.43 bits per heavy atom. The van der Waals surface area contributed by atoms with Crippen LogP contribution in [0, 0.1) is 11.7 Å². The standard InChI is InChI=1S/C21H20FN3O5/c1-23-21(29)24-19(27)18(13-7-3-2-4-8-13)30-20(28)14-11-17(26)25(12-14)16-10-6-5-9-15(16)22/h2-10,14,18H,11-12H2,1H3,(H2,23,24,27,29)/t14-,18-/m0/s1. The lowest BCUT2D eigenvalue weighted by molar-refractivity contribution is -0.159. The minimum absolute atomic E-state index is 0.0722. The van der Waals surface area contributed by atoms with Crippen LogP contribution in [0.4, 0.5) is 14.9 Å². The van der Waals surface area contributed by atoms with Gasteiger partial charge in [-0.05, 0) is 12.1 Å². The van der Waals surface area contributed by atoms with Crippen LogP contribution in [0.25, 0.3) is 0 Å². The molecule has 2 atom stereocenters. The summed E-state index contributed by atoms with van der Waals surface area (Å²) in [5.74, 6) is -3.50. The van der Waals surface area contributed by atoms with Crippen LogP contribution in [-0.4, -0.2) is 37.4 Å². The maximum Gasteiger partial charge on any atom is 0.321 e. The van der Waals surface area contributed by atoms with Gasteiger partial charge in [0, 0.05) is 25.6 Å². The summed E-state index contributed by atoms with van der Waals surface area (Å²) in [6.45, 7) is -0.0722. The second kappa shape index (κ2) is 9.17. The van der Waals surface area contributed by atoms with Gasteiger partial charge in [0.2, 0.25) is 12.0 Å². The highest BCUT2D eigenvalue weighted by molar-refractivity contribution is 6.01. The quantitative estimate of drug-likeness (QED) is 0.729. The molecule has 0 bridgehead atoms. The maximum atomic E-state index is 14.0. The minimum atomic E-state index is -1.38. The first-order valence-electron chi connectivity index (χ1n) is 9.23. The summed E-state index contributed by atoms with van der Waals surface area (Å²) in [5, 5.41) is 4.33. The molecule has 1 aliphatic heterocycles. The van der Waals surface area contributed by atoms with Crippen molar-refractivity contribution in [2.24, 2.45) is 5.92 Å². The number of urea groups is 1. The number of carbonyl (C=O) groups is 4. The number of para-hydroxylation sites is 1. The second-order valence-electron chi connectivity index (χ2n) is 6.65. The Bertz CT molecular complexity index is 966. The number of imide groups is 1. The predicted molar refractivity (Wildman–Crippen MR) is 105 cm³/mol. The Morgan fingerprint density at radius 2 is 1.77 bits per heavy atom. The summed E-state index contributed by atoms with van der Waals surface area (Å²) in [4.78, 5) is 50.2. The first kappa shape index (κ1) is 21.0. The number of benzene rings is 2. The summed E-state index contributed by atoms with van der Waals surface area (Å²) in [6.07, 6.45) is -1.56. The normalized spacial score (nSPS) is 16.7. The van der Waals surface area contributed by atoms with Crippen LogP contribution in [0.2, 0.25) is 0 Å². The van der Waals surface area contributed by atoms with Crippen molar-refractivity contribution in [1.29, 1.82) is 0 Å². The average Bonchev–Trinajstić information content (AvgIpc) is 3.14. The topological polar surface area (TPSA) is 105 Å². The molecule has 0 radical (unpaired) electrons. The number of esters is 1. The molecule has 2 N–H and O–H groups in total. The lowest BCUT2D eigenvalue weighted by atomic mass is 10.1. The van der Waals surface area contributed by atoms with Gasteiger partial charge in [-0.1, -0.05) is 42.5 Å². The average molecular weight is 413 g/mol. The monoisotopic (exact) mass is 413 g/mol. The number of hydrogen-bond donors (Lipinski definition) is 2. The van der Waals surface area contributed by atoms with E-state index in [1.54, 1.807) is 36.4 Å². The third-order valence-electron chi connectivity index (χ3n) is 4.64. The number of halogens is 1. The fraction of sp³-hybridized carbons (Fsp3) is 0.238. The Labute approximate surface area is 172 Å². The Kier molecular flexibility index (Phi) is 6.41. The van der Waals surface area contributed by atoms with Crippen LogP contribution in [0.3, 0.4) is 0 Å². The molecular formula is C21H20FN3O5. The molecule has 8 nitrogen and oxygen atoms in total. The third-order valence-corrected chi connectivity index (χ3v) is 4.64. The Hall–Kier alpha value is -3.75. The lowest BCUT2D eigenvalue weighted by Crippen LogP contribution is -2.41. The molecule has 1 aliphatic rings. The van der Waals surface area contributed by atoms with E-state index in [9.17, 15) is 23.6 Å². The molecule has 0 saturated carbocycles. The molecule has 1 heterocycles. The van der Waals surface area contributed by atoms with Crippen LogP contribution in [-0.2, 0) is 19.1 Å². The van der Waals surface area contributed by atoms with Crippen LogP contribution < -0.4 is 15.5 Å². The molecule has 1 fully saturated rings. The van der Waals surface area contributed by atoms with Crippen LogP contribution in [0.5, 0.6) is 0 Å². The molecule has 4 amide bonds. The lowest BCUT2D eigenvalue weighted by Gasteiger charge is -2.20. The van der Waals surface area contributed by atoms with E-state index in [2.05, 4.69) is 10.6 Å². The number of nitrogens with zero attached hydrogens (tertiary/aromatic N) is 1. The van der Waals surface area contributed by atoms with Gasteiger partial charge in [-0.15, -0.1) is 0 Å². The fourth-order valence-electron chi connectivity index (χ4n) is 3.12. The third kappa shape index (κ3) is 4.62. The predicted octanol–water partition coefficient (Wildman–Crippen LogP) is 1.92. The Morgan fingerprint density at radius 1 is 1.10 bits per heavy atom. The molecular weight excluding hydrogens is 393 g/mol. The molecule has 9 heteroatoms. The molecule has 2 aromatic rings. The molecule has 156 valence electrons. The van der Waals surface area contributed by atoms with Crippen molar-refractivity contribution in [3.8, 4) is 0 Å². The van der Waals surface area contributed by atoms with Gasteiger partial charge in [-0.2, -0.15) is 0 Å². The number of ether oxygens (including phenoxy) is 1. The minimum Gasteiger partial charge on any atom is -0.447 e. The molecule has 30 heavy (non-hydrogen) atoms. The van der Waals surface area contributed by atoms with Crippen LogP contribution in [0.1, 0.15) is 18.1 Å². The first-order valence-corrected chi connectivity index (χ1v) is 9.23. The second-order valence-corrected chi connectivity index (χ2v) is 6.65. The summed E-state index contributed by atoms with van der Waals surface area (Å²) >= 11 is 0. The Balaban J connectivity index is 1.76. The highest BCUT2D eigenvalue weighted by Crippen LogP contribution is 2.29. The highest BCUT2D eigenvalue weighted by Gasteiger charge is 2.39. The SMILES string of the molecule is CNC(=O)NC(=O)[C@@H](OC(=O)[C@H]1CC(=O)N(c2ccccc2F)C1)c1ccccc1. The van der Waals surface area contributed by atoms with Gasteiger partial charge >= 0.3 is 12.0 Å². The van der Waals surface area contributed by atoms with Gasteiger partial charge in [0.15, 0.2) is 0 Å². The van der Waals surface area contributed by atoms with Crippen molar-refractivity contribution in [2.45, 2.75) is 12.5 Å². The van der Waals surface area contributed by atoms with Gasteiger partial charge < -0.3 is 15.0 Å². The van der Waals surface area contributed by atoms with Gasteiger partial charge in [-0.25, -0.2) is 9.18 Å². The molecule has 1 saturated heterocycles. The highest BCUT2D eigenvalue weighted by atomic mass is 19.1. The van der Waals surface area contributed by atoms with Crippen molar-refractivity contribution in [1.82, 2.24) is 10.6 Å². The van der Waals surface area contributed by atoms with Crippen molar-refractivity contribution in [3.63, 3.8) is 0 Å². The number of amides is 4. The number of anilines is 1. The number of carbonyl (C=O) groups excluding carboxylic acids is 4. The van der Waals surface area contributed by atoms with E-state index in [4.69, 9.17) is 4.74 Å². The largest absolute Gasteiger partial charge is 0.447 e. The number of nitrogens with one attached hydrogen (secondary N) is 2. The van der Waals surface area contributed by atoms with E-state index in [1.807, 2.05) is 0 Å². The zero-order chi connectivity index (χ0) is 21.7. The molecule has 0 spiro atoms. The number of rotatable bonds is 5. The van der Waals surface area contributed by atoms with Crippen molar-refractivity contribution in [3.05, 3.63) is 66.0 Å². The van der Waals surface area contributed by atoms with E-state index in [-0.39, 0.29) is 18.7 Å². The summed E-state index contributed by atoms with van der Waals surface area (Å²) in [5.41, 5.74) is 0.442. The molecule has 2 aromatic carbocycles. The molecule has 0 unspecified atom stereocenters. The smallest absolute Gasteiger partial charge is 0.321 e. The molecule has 3 rings (SSSR count). The van der Waals surface area contributed by atoms with Crippen LogP contribution >= 0.6 is 0 Å². The van der Waals surface area contributed by atoms with Crippen molar-refractivity contribution >= 4 is 29.5 Å². The first-order chi connectivity index (χ1) is 14.4. The zero-order valence-electron chi connectivity index (χ0n) is 16.1. The summed E-state index contributed by atoms with van der Waals surface area (Å²) < 4.78 is 19.4. The molecule has 0 aromatic heterocycles. The van der Waals surface area contributed by atoms with E-state index >= 15 is 0 Å². The number of hydrogen-bond acceptors (Lipinski definition) is 5. The van der Waals surface area contributed by atoms with E-state index in [0.717, 1.165) is 0 Å². The van der Waals surface area contributed by atoms with E-state index < -0.39 is 41.7 Å². The van der Waals surface area contributed by atoms with E-state index in [0.29, 0.717) is 5.56 Å². The summed E-state index contributed by atoms with van der Waals surface area (Å²) in [6, 6.07) is 13.2. The fourth-order valence-corrected chi connectivity index (χ4v) is 3.12. The van der Waals surface area contributed by atoms with Crippen molar-refractivity contribution < 1.29 is 28.3 Å². The summed E-state index contributed by atoms with van der Waals surface area (Å²) in [7, 11) is 1.34. The maximum absolute atomic E-state index is 14.0. The van der Waals surface area contributed by atoms with Gasteiger partial charge in [0.05, 0.1) is 11.6 Å². The van der Waals surface area contributed by atoms with Crippen LogP contribution in [0.15, 0.2) is 54.6 Å². The zero-order valence-corrected chi connectivity index (χ0v) is 16.1. The molecule has 0 aliphatic carbocycles.